The molecule has 0 aliphatic heterocycles. The van der Waals surface area contributed by atoms with E-state index >= 15 is 0 Å². The van der Waals surface area contributed by atoms with Crippen molar-refractivity contribution in [2.24, 2.45) is 0 Å². The fourth-order valence-electron chi connectivity index (χ4n) is 1.93. The number of hydrogen-bond acceptors (Lipinski definition) is 3. The van der Waals surface area contributed by atoms with Crippen molar-refractivity contribution in [2.45, 2.75) is 13.8 Å². The van der Waals surface area contributed by atoms with Crippen molar-refractivity contribution in [3.05, 3.63) is 34.5 Å². The second-order valence-electron chi connectivity index (χ2n) is 4.31. The second kappa shape index (κ2) is 7.57. The van der Waals surface area contributed by atoms with Crippen LogP contribution in [0.25, 0.3) is 10.1 Å². The number of benzene rings is 1. The van der Waals surface area contributed by atoms with Crippen molar-refractivity contribution in [1.29, 1.82) is 0 Å². The zero-order valence-electron chi connectivity index (χ0n) is 11.5. The van der Waals surface area contributed by atoms with E-state index in [1.807, 2.05) is 13.8 Å². The minimum atomic E-state index is -0.271. The molecule has 1 aromatic carbocycles. The third kappa shape index (κ3) is 3.69. The lowest BCUT2D eigenvalue weighted by atomic mass is 10.1. The van der Waals surface area contributed by atoms with Gasteiger partial charge in [-0.3, -0.25) is 4.79 Å². The van der Waals surface area contributed by atoms with E-state index in [4.69, 9.17) is 0 Å². The summed E-state index contributed by atoms with van der Waals surface area (Å²) >= 11 is 1.41. The van der Waals surface area contributed by atoms with Crippen LogP contribution in [0.4, 0.5) is 4.39 Å². The van der Waals surface area contributed by atoms with Gasteiger partial charge in [0.2, 0.25) is 0 Å². The molecule has 110 valence electrons. The molecule has 2 rings (SSSR count). The van der Waals surface area contributed by atoms with Crippen LogP contribution in [0.15, 0.2) is 18.2 Å². The predicted octanol–water partition coefficient (Wildman–Crippen LogP) is 3.11. The van der Waals surface area contributed by atoms with Crippen molar-refractivity contribution in [2.75, 3.05) is 19.6 Å². The van der Waals surface area contributed by atoms with Gasteiger partial charge in [0, 0.05) is 17.8 Å². The van der Waals surface area contributed by atoms with Crippen LogP contribution in [0, 0.1) is 12.7 Å². The van der Waals surface area contributed by atoms with Crippen LogP contribution in [0.5, 0.6) is 0 Å². The number of hydrogen-bond donors (Lipinski definition) is 2. The first-order valence-corrected chi connectivity index (χ1v) is 7.12. The van der Waals surface area contributed by atoms with Gasteiger partial charge in [-0.15, -0.1) is 23.7 Å². The molecule has 0 bridgehead atoms. The van der Waals surface area contributed by atoms with Crippen molar-refractivity contribution in [3.63, 3.8) is 0 Å². The molecule has 0 aliphatic rings. The van der Waals surface area contributed by atoms with Gasteiger partial charge >= 0.3 is 0 Å². The Morgan fingerprint density at radius 2 is 2.10 bits per heavy atom. The minimum Gasteiger partial charge on any atom is -0.350 e. The number of likely N-dealkylation sites (N-methyl/N-ethyl adjacent to an activating group) is 1. The van der Waals surface area contributed by atoms with Crippen LogP contribution in [0.3, 0.4) is 0 Å². The maximum Gasteiger partial charge on any atom is 0.261 e. The number of aryl methyl sites for hydroxylation is 1. The number of carbonyl (C=O) groups is 1. The average Bonchev–Trinajstić information content (AvgIpc) is 2.72. The Hall–Kier alpha value is -1.17. The molecular formula is C14H18ClFN2OS. The number of rotatable bonds is 5. The summed E-state index contributed by atoms with van der Waals surface area (Å²) in [5.41, 5.74) is 0.848. The molecule has 1 amide bonds. The van der Waals surface area contributed by atoms with Crippen LogP contribution in [0.2, 0.25) is 0 Å². The van der Waals surface area contributed by atoms with E-state index in [-0.39, 0.29) is 24.1 Å². The van der Waals surface area contributed by atoms with Crippen molar-refractivity contribution >= 4 is 39.7 Å². The molecule has 1 aromatic heterocycles. The number of amides is 1. The molecule has 0 saturated carbocycles. The molecule has 1 heterocycles. The Labute approximate surface area is 128 Å². The highest BCUT2D eigenvalue weighted by molar-refractivity contribution is 7.21. The van der Waals surface area contributed by atoms with Crippen molar-refractivity contribution in [1.82, 2.24) is 10.6 Å². The summed E-state index contributed by atoms with van der Waals surface area (Å²) in [6.45, 7) is 6.11. The third-order valence-corrected chi connectivity index (χ3v) is 4.21. The smallest absolute Gasteiger partial charge is 0.261 e. The molecule has 0 saturated heterocycles. The third-order valence-electron chi connectivity index (χ3n) is 2.94. The second-order valence-corrected chi connectivity index (χ2v) is 5.36. The highest BCUT2D eigenvalue weighted by Gasteiger charge is 2.15. The summed E-state index contributed by atoms with van der Waals surface area (Å²) in [5.74, 6) is -0.357. The van der Waals surface area contributed by atoms with Crippen LogP contribution in [-0.4, -0.2) is 25.5 Å². The zero-order valence-corrected chi connectivity index (χ0v) is 13.1. The number of thiophene rings is 1. The molecule has 0 atom stereocenters. The normalized spacial score (nSPS) is 10.3. The summed E-state index contributed by atoms with van der Waals surface area (Å²) in [6.07, 6.45) is 0. The number of halogens is 2. The molecule has 2 N–H and O–H groups in total. The molecule has 0 spiro atoms. The van der Waals surface area contributed by atoms with Gasteiger partial charge in [0.05, 0.1) is 4.88 Å². The molecule has 0 fully saturated rings. The molecule has 0 unspecified atom stereocenters. The first-order valence-electron chi connectivity index (χ1n) is 6.31. The fraction of sp³-hybridized carbons (Fsp3) is 0.357. The van der Waals surface area contributed by atoms with Gasteiger partial charge in [0.1, 0.15) is 5.82 Å². The van der Waals surface area contributed by atoms with E-state index in [2.05, 4.69) is 10.6 Å². The van der Waals surface area contributed by atoms with E-state index in [9.17, 15) is 9.18 Å². The largest absolute Gasteiger partial charge is 0.350 e. The van der Waals surface area contributed by atoms with Gasteiger partial charge < -0.3 is 10.6 Å². The van der Waals surface area contributed by atoms with Gasteiger partial charge in [-0.2, -0.15) is 0 Å². The lowest BCUT2D eigenvalue weighted by Gasteiger charge is -2.04. The van der Waals surface area contributed by atoms with E-state index in [1.165, 1.54) is 23.5 Å². The van der Waals surface area contributed by atoms with Crippen LogP contribution >= 0.6 is 23.7 Å². The molecule has 6 heteroatoms. The Bertz CT molecular complexity index is 600. The molecule has 3 nitrogen and oxygen atoms in total. The van der Waals surface area contributed by atoms with Gasteiger partial charge in [0.25, 0.3) is 5.91 Å². The van der Waals surface area contributed by atoms with E-state index < -0.39 is 0 Å². The predicted molar refractivity (Wildman–Crippen MR) is 84.6 cm³/mol. The summed E-state index contributed by atoms with van der Waals surface area (Å²) in [7, 11) is 0. The average molecular weight is 317 g/mol. The Kier molecular flexibility index (Phi) is 6.39. The number of fused-ring (bicyclic) bond motifs is 1. The van der Waals surface area contributed by atoms with Crippen LogP contribution < -0.4 is 10.6 Å². The maximum absolute atomic E-state index is 13.2. The SMILES string of the molecule is CCNCCNC(=O)c1sc2ccc(F)cc2c1C.Cl. The highest BCUT2D eigenvalue weighted by Crippen LogP contribution is 2.31. The monoisotopic (exact) mass is 316 g/mol. The summed E-state index contributed by atoms with van der Waals surface area (Å²) in [5, 5.41) is 6.83. The van der Waals surface area contributed by atoms with E-state index in [1.54, 1.807) is 6.07 Å². The topological polar surface area (TPSA) is 41.1 Å². The Balaban J connectivity index is 0.00000200. The van der Waals surface area contributed by atoms with E-state index in [0.29, 0.717) is 11.4 Å². The van der Waals surface area contributed by atoms with Gasteiger partial charge in [-0.1, -0.05) is 6.92 Å². The lowest BCUT2D eigenvalue weighted by Crippen LogP contribution is -2.31. The first kappa shape index (κ1) is 16.9. The zero-order chi connectivity index (χ0) is 13.8. The number of carbonyl (C=O) groups excluding carboxylic acids is 1. The summed E-state index contributed by atoms with van der Waals surface area (Å²) in [4.78, 5) is 12.7. The van der Waals surface area contributed by atoms with Gasteiger partial charge in [-0.25, -0.2) is 4.39 Å². The van der Waals surface area contributed by atoms with Crippen molar-refractivity contribution < 1.29 is 9.18 Å². The quantitative estimate of drug-likeness (QED) is 0.832. The number of nitrogens with one attached hydrogen (secondary N) is 2. The van der Waals surface area contributed by atoms with Gasteiger partial charge in [0.15, 0.2) is 0 Å². The minimum absolute atomic E-state index is 0. The van der Waals surface area contributed by atoms with Crippen molar-refractivity contribution in [3.8, 4) is 0 Å². The standard InChI is InChI=1S/C14H17FN2OS.ClH/c1-3-16-6-7-17-14(18)13-9(2)11-8-10(15)4-5-12(11)19-13;/h4-5,8,16H,3,6-7H2,1-2H3,(H,17,18);1H. The van der Waals surface area contributed by atoms with Gasteiger partial charge in [-0.05, 0) is 42.6 Å². The Morgan fingerprint density at radius 1 is 1.35 bits per heavy atom. The molecular weight excluding hydrogens is 299 g/mol. The molecule has 20 heavy (non-hydrogen) atoms. The van der Waals surface area contributed by atoms with Crippen LogP contribution in [-0.2, 0) is 0 Å². The summed E-state index contributed by atoms with van der Waals surface area (Å²) < 4.78 is 14.2. The highest BCUT2D eigenvalue weighted by atomic mass is 35.5. The van der Waals surface area contributed by atoms with Crippen LogP contribution in [0.1, 0.15) is 22.2 Å². The summed E-state index contributed by atoms with van der Waals surface area (Å²) in [6, 6.07) is 4.62. The molecule has 0 aliphatic carbocycles. The molecule has 2 aromatic rings. The fourth-order valence-corrected chi connectivity index (χ4v) is 3.04. The lowest BCUT2D eigenvalue weighted by molar-refractivity contribution is 0.0957. The van der Waals surface area contributed by atoms with E-state index in [0.717, 1.165) is 28.7 Å². The molecule has 0 radical (unpaired) electrons. The first-order chi connectivity index (χ1) is 9.13. The maximum atomic E-state index is 13.2. The Morgan fingerprint density at radius 3 is 2.80 bits per heavy atom.